The number of amides is 1. The topological polar surface area (TPSA) is 66.6 Å². The van der Waals surface area contributed by atoms with Gasteiger partial charge >= 0.3 is 0 Å². The van der Waals surface area contributed by atoms with Gasteiger partial charge in [0.1, 0.15) is 0 Å². The van der Waals surface area contributed by atoms with Crippen LogP contribution in [0.15, 0.2) is 48.5 Å². The van der Waals surface area contributed by atoms with Crippen LogP contribution in [0.5, 0.6) is 0 Å². The zero-order valence-corrected chi connectivity index (χ0v) is 13.1. The van der Waals surface area contributed by atoms with Crippen LogP contribution < -0.4 is 5.73 Å². The maximum atomic E-state index is 11.0. The van der Waals surface area contributed by atoms with E-state index in [1.165, 1.54) is 0 Å². The molecular formula is C17H19ClN2O2. The summed E-state index contributed by atoms with van der Waals surface area (Å²) in [7, 11) is 1.93. The number of primary amides is 1. The summed E-state index contributed by atoms with van der Waals surface area (Å²) in [4.78, 5) is 13.0. The molecule has 0 saturated carbocycles. The number of nitrogens with two attached hydrogens (primary N) is 1. The molecule has 0 heterocycles. The molecule has 0 spiro atoms. The van der Waals surface area contributed by atoms with Crippen molar-refractivity contribution in [2.24, 2.45) is 5.73 Å². The zero-order valence-electron chi connectivity index (χ0n) is 12.4. The fraction of sp³-hybridized carbons (Fsp3) is 0.235. The highest BCUT2D eigenvalue weighted by molar-refractivity contribution is 6.30. The molecule has 5 heteroatoms. The molecule has 0 aliphatic carbocycles. The smallest absolute Gasteiger partial charge is 0.248 e. The first-order valence-electron chi connectivity index (χ1n) is 6.96. The Hall–Kier alpha value is -1.88. The van der Waals surface area contributed by atoms with Crippen molar-refractivity contribution < 1.29 is 9.90 Å². The van der Waals surface area contributed by atoms with Gasteiger partial charge in [0.15, 0.2) is 0 Å². The summed E-state index contributed by atoms with van der Waals surface area (Å²) in [6.07, 6.45) is -0.577. The molecule has 2 rings (SSSR count). The van der Waals surface area contributed by atoms with Crippen molar-refractivity contribution in [1.29, 1.82) is 0 Å². The van der Waals surface area contributed by atoms with Gasteiger partial charge in [-0.25, -0.2) is 0 Å². The Balaban J connectivity index is 1.93. The highest BCUT2D eigenvalue weighted by Gasteiger charge is 2.11. The highest BCUT2D eigenvalue weighted by atomic mass is 35.5. The molecule has 0 bridgehead atoms. The summed E-state index contributed by atoms with van der Waals surface area (Å²) in [5.41, 5.74) is 7.59. The Morgan fingerprint density at radius 2 is 1.77 bits per heavy atom. The van der Waals surface area contributed by atoms with Gasteiger partial charge < -0.3 is 10.8 Å². The molecule has 3 N–H and O–H groups in total. The average molecular weight is 319 g/mol. The van der Waals surface area contributed by atoms with Crippen molar-refractivity contribution in [2.75, 3.05) is 13.6 Å². The highest BCUT2D eigenvalue weighted by Crippen LogP contribution is 2.18. The molecule has 0 radical (unpaired) electrons. The fourth-order valence-electron chi connectivity index (χ4n) is 2.24. The summed E-state index contributed by atoms with van der Waals surface area (Å²) in [6, 6.07) is 14.3. The monoisotopic (exact) mass is 318 g/mol. The van der Waals surface area contributed by atoms with Crippen molar-refractivity contribution in [2.45, 2.75) is 12.6 Å². The summed E-state index contributed by atoms with van der Waals surface area (Å²) in [5.74, 6) is -0.432. The molecule has 0 aliphatic rings. The average Bonchev–Trinajstić information content (AvgIpc) is 2.48. The molecule has 1 unspecified atom stereocenters. The molecule has 0 fully saturated rings. The second kappa shape index (κ2) is 7.40. The van der Waals surface area contributed by atoms with E-state index in [9.17, 15) is 9.90 Å². The molecule has 2 aromatic carbocycles. The first-order valence-corrected chi connectivity index (χ1v) is 7.34. The van der Waals surface area contributed by atoms with Gasteiger partial charge in [0.2, 0.25) is 5.91 Å². The van der Waals surface area contributed by atoms with Gasteiger partial charge in [0.05, 0.1) is 6.10 Å². The molecule has 22 heavy (non-hydrogen) atoms. The third kappa shape index (κ3) is 4.56. The number of rotatable bonds is 6. The maximum absolute atomic E-state index is 11.0. The molecule has 1 amide bonds. The maximum Gasteiger partial charge on any atom is 0.248 e. The first-order chi connectivity index (χ1) is 10.5. The largest absolute Gasteiger partial charge is 0.387 e. The van der Waals surface area contributed by atoms with Crippen LogP contribution in [0.1, 0.15) is 27.6 Å². The predicted molar refractivity (Wildman–Crippen MR) is 87.7 cm³/mol. The van der Waals surface area contributed by atoms with Gasteiger partial charge in [-0.1, -0.05) is 35.9 Å². The van der Waals surface area contributed by atoms with Gasteiger partial charge in [0, 0.05) is 23.7 Å². The minimum Gasteiger partial charge on any atom is -0.387 e. The van der Waals surface area contributed by atoms with Gasteiger partial charge in [0.25, 0.3) is 0 Å². The van der Waals surface area contributed by atoms with Crippen molar-refractivity contribution in [3.63, 3.8) is 0 Å². The lowest BCUT2D eigenvalue weighted by molar-refractivity contribution is 0.100. The number of hydrogen-bond donors (Lipinski definition) is 2. The number of carbonyl (C=O) groups excluding carboxylic acids is 1. The summed E-state index contributed by atoms with van der Waals surface area (Å²) in [6.45, 7) is 1.17. The second-order valence-corrected chi connectivity index (χ2v) is 5.76. The minimum atomic E-state index is -0.577. The van der Waals surface area contributed by atoms with E-state index in [4.69, 9.17) is 17.3 Å². The fourth-order valence-corrected chi connectivity index (χ4v) is 2.36. The number of halogens is 1. The van der Waals surface area contributed by atoms with Crippen LogP contribution in [0.25, 0.3) is 0 Å². The van der Waals surface area contributed by atoms with E-state index in [1.54, 1.807) is 24.3 Å². The summed E-state index contributed by atoms with van der Waals surface area (Å²) in [5, 5.41) is 10.9. The molecule has 0 aliphatic heterocycles. The number of carbonyl (C=O) groups is 1. The third-order valence-corrected chi connectivity index (χ3v) is 3.68. The molecule has 0 aromatic heterocycles. The summed E-state index contributed by atoms with van der Waals surface area (Å²) < 4.78 is 0. The molecule has 0 saturated heterocycles. The number of aliphatic hydroxyl groups is 1. The van der Waals surface area contributed by atoms with Gasteiger partial charge in [-0.3, -0.25) is 9.69 Å². The molecule has 116 valence electrons. The SMILES string of the molecule is CN(Cc1ccc(C(N)=O)cc1)CC(O)c1ccc(Cl)cc1. The van der Waals surface area contributed by atoms with E-state index in [2.05, 4.69) is 0 Å². The minimum absolute atomic E-state index is 0.432. The van der Waals surface area contributed by atoms with Crippen LogP contribution in [0.3, 0.4) is 0 Å². The molecule has 4 nitrogen and oxygen atoms in total. The number of hydrogen-bond acceptors (Lipinski definition) is 3. The van der Waals surface area contributed by atoms with Crippen LogP contribution in [-0.2, 0) is 6.54 Å². The van der Waals surface area contributed by atoms with Crippen molar-refractivity contribution in [3.05, 3.63) is 70.2 Å². The molecule has 1 atom stereocenters. The van der Waals surface area contributed by atoms with Crippen LogP contribution in [0.2, 0.25) is 5.02 Å². The first kappa shape index (κ1) is 16.5. The lowest BCUT2D eigenvalue weighted by Crippen LogP contribution is -2.24. The lowest BCUT2D eigenvalue weighted by Gasteiger charge is -2.21. The molecular weight excluding hydrogens is 300 g/mol. The quantitative estimate of drug-likeness (QED) is 0.860. The number of aliphatic hydroxyl groups excluding tert-OH is 1. The van der Waals surface area contributed by atoms with E-state index in [1.807, 2.05) is 36.2 Å². The van der Waals surface area contributed by atoms with Crippen molar-refractivity contribution >= 4 is 17.5 Å². The predicted octanol–water partition coefficient (Wildman–Crippen LogP) is 2.60. The number of nitrogens with zero attached hydrogens (tertiary/aromatic N) is 1. The van der Waals surface area contributed by atoms with Gasteiger partial charge in [-0.05, 0) is 42.4 Å². The number of benzene rings is 2. The lowest BCUT2D eigenvalue weighted by atomic mass is 10.1. The van der Waals surface area contributed by atoms with Gasteiger partial charge in [-0.2, -0.15) is 0 Å². The Kier molecular flexibility index (Phi) is 5.55. The second-order valence-electron chi connectivity index (χ2n) is 5.33. The Labute approximate surface area is 135 Å². The van der Waals surface area contributed by atoms with E-state index in [0.717, 1.165) is 11.1 Å². The van der Waals surface area contributed by atoms with Crippen molar-refractivity contribution in [1.82, 2.24) is 4.90 Å². The van der Waals surface area contributed by atoms with Crippen LogP contribution in [0, 0.1) is 0 Å². The van der Waals surface area contributed by atoms with Crippen LogP contribution in [0.4, 0.5) is 0 Å². The Morgan fingerprint density at radius 1 is 1.18 bits per heavy atom. The van der Waals surface area contributed by atoms with Crippen LogP contribution >= 0.6 is 11.6 Å². The van der Waals surface area contributed by atoms with E-state index >= 15 is 0 Å². The normalized spacial score (nSPS) is 12.4. The van der Waals surface area contributed by atoms with E-state index in [-0.39, 0.29) is 0 Å². The Bertz CT molecular complexity index is 626. The van der Waals surface area contributed by atoms with E-state index in [0.29, 0.717) is 23.7 Å². The van der Waals surface area contributed by atoms with Crippen molar-refractivity contribution in [3.8, 4) is 0 Å². The van der Waals surface area contributed by atoms with Gasteiger partial charge in [-0.15, -0.1) is 0 Å². The number of likely N-dealkylation sites (N-methyl/N-ethyl adjacent to an activating group) is 1. The third-order valence-electron chi connectivity index (χ3n) is 3.43. The zero-order chi connectivity index (χ0) is 16.1. The molecule has 2 aromatic rings. The van der Waals surface area contributed by atoms with E-state index < -0.39 is 12.0 Å². The standard InChI is InChI=1S/C17H19ClN2O2/c1-20(10-12-2-4-14(5-3-12)17(19)22)11-16(21)13-6-8-15(18)9-7-13/h2-9,16,21H,10-11H2,1H3,(H2,19,22). The van der Waals surface area contributed by atoms with Crippen LogP contribution in [-0.4, -0.2) is 29.5 Å². The summed E-state index contributed by atoms with van der Waals surface area (Å²) >= 11 is 5.84. The Morgan fingerprint density at radius 3 is 2.32 bits per heavy atom.